The number of aryl methyl sites for hydroxylation is 1. The van der Waals surface area contributed by atoms with E-state index in [1.165, 1.54) is 11.1 Å². The first-order valence-corrected chi connectivity index (χ1v) is 11.6. The smallest absolute Gasteiger partial charge is 0.253 e. The second kappa shape index (κ2) is 9.07. The van der Waals surface area contributed by atoms with Crippen LogP contribution in [0.15, 0.2) is 97.3 Å². The molecule has 1 fully saturated rings. The Kier molecular flexibility index (Phi) is 5.82. The number of amides is 1. The van der Waals surface area contributed by atoms with E-state index in [0.29, 0.717) is 13.1 Å². The zero-order chi connectivity index (χ0) is 22.7. The van der Waals surface area contributed by atoms with Gasteiger partial charge in [0.1, 0.15) is 5.82 Å². The van der Waals surface area contributed by atoms with Crippen LogP contribution >= 0.6 is 0 Å². The summed E-state index contributed by atoms with van der Waals surface area (Å²) in [4.78, 5) is 20.1. The van der Waals surface area contributed by atoms with E-state index in [9.17, 15) is 4.79 Å². The van der Waals surface area contributed by atoms with E-state index in [1.807, 2.05) is 48.4 Å². The fraction of sp³-hybridized carbons (Fsp3) is 0.241. The summed E-state index contributed by atoms with van der Waals surface area (Å²) >= 11 is 0. The number of carbonyl (C=O) groups excluding carboxylic acids is 1. The summed E-state index contributed by atoms with van der Waals surface area (Å²) in [6.45, 7) is 4.23. The maximum absolute atomic E-state index is 13.2. The highest BCUT2D eigenvalue weighted by molar-refractivity contribution is 5.94. The van der Waals surface area contributed by atoms with Crippen molar-refractivity contribution < 1.29 is 4.79 Å². The molecule has 3 aromatic carbocycles. The fourth-order valence-electron chi connectivity index (χ4n) is 5.09. The summed E-state index contributed by atoms with van der Waals surface area (Å²) in [5.74, 6) is 1.20. The number of aromatic nitrogens is 2. The third-order valence-electron chi connectivity index (χ3n) is 6.83. The molecule has 4 heteroatoms. The molecule has 0 radical (unpaired) electrons. The van der Waals surface area contributed by atoms with E-state index in [4.69, 9.17) is 4.98 Å². The number of rotatable bonds is 5. The van der Waals surface area contributed by atoms with Gasteiger partial charge < -0.3 is 9.47 Å². The highest BCUT2D eigenvalue weighted by atomic mass is 16.2. The van der Waals surface area contributed by atoms with Crippen LogP contribution in [0.1, 0.15) is 45.7 Å². The summed E-state index contributed by atoms with van der Waals surface area (Å²) < 4.78 is 2.28. The molecule has 0 aliphatic carbocycles. The van der Waals surface area contributed by atoms with Gasteiger partial charge in [-0.1, -0.05) is 78.4 Å². The van der Waals surface area contributed by atoms with Gasteiger partial charge in [-0.15, -0.1) is 0 Å². The van der Waals surface area contributed by atoms with E-state index < -0.39 is 0 Å². The Labute approximate surface area is 195 Å². The van der Waals surface area contributed by atoms with Crippen molar-refractivity contribution in [2.75, 3.05) is 13.1 Å². The number of hydrogen-bond donors (Lipinski definition) is 0. The molecule has 5 rings (SSSR count). The van der Waals surface area contributed by atoms with Crippen molar-refractivity contribution in [3.8, 4) is 0 Å². The van der Waals surface area contributed by atoms with Crippen molar-refractivity contribution in [2.24, 2.45) is 0 Å². The normalized spacial score (nSPS) is 15.4. The molecule has 1 aliphatic rings. The monoisotopic (exact) mass is 435 g/mol. The van der Waals surface area contributed by atoms with Crippen LogP contribution in [0.25, 0.3) is 0 Å². The number of hydrogen-bond acceptors (Lipinski definition) is 2. The van der Waals surface area contributed by atoms with Gasteiger partial charge in [0.15, 0.2) is 0 Å². The zero-order valence-electron chi connectivity index (χ0n) is 19.0. The van der Waals surface area contributed by atoms with Gasteiger partial charge in [-0.3, -0.25) is 4.79 Å². The average Bonchev–Trinajstić information content (AvgIpc) is 3.33. The molecule has 0 spiro atoms. The molecule has 0 saturated carbocycles. The summed E-state index contributed by atoms with van der Waals surface area (Å²) in [7, 11) is 0. The van der Waals surface area contributed by atoms with Gasteiger partial charge in [0.25, 0.3) is 5.91 Å². The van der Waals surface area contributed by atoms with Crippen LogP contribution in [0.2, 0.25) is 0 Å². The largest absolute Gasteiger partial charge is 0.339 e. The Bertz CT molecular complexity index is 1220. The molecule has 166 valence electrons. The molecule has 1 aromatic heterocycles. The first-order chi connectivity index (χ1) is 16.2. The highest BCUT2D eigenvalue weighted by Gasteiger charge is 2.42. The third kappa shape index (κ3) is 4.21. The Morgan fingerprint density at radius 3 is 2.30 bits per heavy atom. The molecule has 2 heterocycles. The van der Waals surface area contributed by atoms with Crippen molar-refractivity contribution >= 4 is 5.91 Å². The number of likely N-dealkylation sites (tertiary alicyclic amines) is 1. The molecule has 4 aromatic rings. The minimum absolute atomic E-state index is 0.119. The van der Waals surface area contributed by atoms with Gasteiger partial charge in [0.2, 0.25) is 0 Å². The number of imidazole rings is 1. The van der Waals surface area contributed by atoms with Crippen LogP contribution in [-0.2, 0) is 12.0 Å². The minimum atomic E-state index is -0.219. The molecule has 0 unspecified atom stereocenters. The van der Waals surface area contributed by atoms with Gasteiger partial charge >= 0.3 is 0 Å². The lowest BCUT2D eigenvalue weighted by atomic mass is 9.71. The Morgan fingerprint density at radius 2 is 1.61 bits per heavy atom. The first-order valence-electron chi connectivity index (χ1n) is 11.6. The predicted octanol–water partition coefficient (Wildman–Crippen LogP) is 5.46. The third-order valence-corrected chi connectivity index (χ3v) is 6.83. The lowest BCUT2D eigenvalue weighted by molar-refractivity contribution is 0.0680. The lowest BCUT2D eigenvalue weighted by Gasteiger charge is -2.42. The van der Waals surface area contributed by atoms with Gasteiger partial charge in [0.05, 0.1) is 5.41 Å². The molecule has 1 aliphatic heterocycles. The van der Waals surface area contributed by atoms with Gasteiger partial charge in [-0.2, -0.15) is 0 Å². The zero-order valence-corrected chi connectivity index (χ0v) is 19.0. The van der Waals surface area contributed by atoms with E-state index in [2.05, 4.69) is 65.4 Å². The number of nitrogens with zero attached hydrogens (tertiary/aromatic N) is 3. The second-order valence-corrected chi connectivity index (χ2v) is 8.97. The van der Waals surface area contributed by atoms with E-state index >= 15 is 0 Å². The van der Waals surface area contributed by atoms with Crippen molar-refractivity contribution in [3.63, 3.8) is 0 Å². The standard InChI is InChI=1S/C29H29N3O/c1-23-9-8-12-25(21-23)27(33)31-18-15-29(16-19-31,26-13-6-3-7-14-26)28-30-17-20-32(28)22-24-10-4-2-5-11-24/h2-14,17,20-21H,15-16,18-19,22H2,1H3. The van der Waals surface area contributed by atoms with Crippen LogP contribution < -0.4 is 0 Å². The fourth-order valence-corrected chi connectivity index (χ4v) is 5.09. The SMILES string of the molecule is Cc1cccc(C(=O)N2CCC(c3ccccc3)(c3nccn3Cc3ccccc3)CC2)c1. The van der Waals surface area contributed by atoms with E-state index in [-0.39, 0.29) is 11.3 Å². The van der Waals surface area contributed by atoms with Crippen molar-refractivity contribution in [1.82, 2.24) is 14.5 Å². The van der Waals surface area contributed by atoms with Crippen molar-refractivity contribution in [2.45, 2.75) is 31.7 Å². The molecular weight excluding hydrogens is 406 g/mol. The van der Waals surface area contributed by atoms with Crippen LogP contribution in [0.5, 0.6) is 0 Å². The Morgan fingerprint density at radius 1 is 0.909 bits per heavy atom. The summed E-state index contributed by atoms with van der Waals surface area (Å²) in [5.41, 5.74) is 4.19. The first kappa shape index (κ1) is 21.2. The number of benzene rings is 3. The maximum atomic E-state index is 13.2. The van der Waals surface area contributed by atoms with Gasteiger partial charge in [-0.25, -0.2) is 4.98 Å². The molecule has 33 heavy (non-hydrogen) atoms. The summed E-state index contributed by atoms with van der Waals surface area (Å²) in [6.07, 6.45) is 5.69. The van der Waals surface area contributed by atoms with Crippen molar-refractivity contribution in [3.05, 3.63) is 125 Å². The van der Waals surface area contributed by atoms with Crippen LogP contribution in [0, 0.1) is 6.92 Å². The topological polar surface area (TPSA) is 38.1 Å². The Hall–Kier alpha value is -3.66. The predicted molar refractivity (Wildman–Crippen MR) is 131 cm³/mol. The quantitative estimate of drug-likeness (QED) is 0.417. The van der Waals surface area contributed by atoms with Crippen molar-refractivity contribution in [1.29, 1.82) is 0 Å². The average molecular weight is 436 g/mol. The number of piperidine rings is 1. The van der Waals surface area contributed by atoms with Gasteiger partial charge in [0, 0.05) is 37.6 Å². The van der Waals surface area contributed by atoms with E-state index in [1.54, 1.807) is 0 Å². The summed E-state index contributed by atoms with van der Waals surface area (Å²) in [5, 5.41) is 0. The number of carbonyl (C=O) groups is 1. The van der Waals surface area contributed by atoms with E-state index in [0.717, 1.165) is 36.3 Å². The highest BCUT2D eigenvalue weighted by Crippen LogP contribution is 2.41. The van der Waals surface area contributed by atoms with Gasteiger partial charge in [-0.05, 0) is 43.0 Å². The van der Waals surface area contributed by atoms with Crippen LogP contribution in [-0.4, -0.2) is 33.4 Å². The summed E-state index contributed by atoms with van der Waals surface area (Å²) in [6, 6.07) is 29.1. The molecule has 0 bridgehead atoms. The molecule has 0 atom stereocenters. The minimum Gasteiger partial charge on any atom is -0.339 e. The molecule has 0 N–H and O–H groups in total. The Balaban J connectivity index is 1.46. The van der Waals surface area contributed by atoms with Crippen LogP contribution in [0.4, 0.5) is 0 Å². The molecule has 1 amide bonds. The molecule has 1 saturated heterocycles. The molecular formula is C29H29N3O. The van der Waals surface area contributed by atoms with Crippen LogP contribution in [0.3, 0.4) is 0 Å². The second-order valence-electron chi connectivity index (χ2n) is 8.97. The maximum Gasteiger partial charge on any atom is 0.253 e. The molecule has 4 nitrogen and oxygen atoms in total. The lowest BCUT2D eigenvalue weighted by Crippen LogP contribution is -2.47.